The molecular formula is C9H16N2O4. The number of aliphatic carboxylic acids is 1. The van der Waals surface area contributed by atoms with E-state index in [1.54, 1.807) is 6.92 Å². The van der Waals surface area contributed by atoms with Crippen molar-refractivity contribution in [3.8, 4) is 0 Å². The van der Waals surface area contributed by atoms with Gasteiger partial charge in [0.2, 0.25) is 5.91 Å². The van der Waals surface area contributed by atoms with Crippen LogP contribution in [0.15, 0.2) is 0 Å². The molecule has 0 saturated carbocycles. The van der Waals surface area contributed by atoms with Crippen LogP contribution in [0, 0.1) is 11.8 Å². The van der Waals surface area contributed by atoms with Gasteiger partial charge >= 0.3 is 5.97 Å². The first-order chi connectivity index (χ1) is 7.02. The number of carbonyl (C=O) groups is 2. The average Bonchev–Trinajstić information content (AvgIpc) is 2.10. The van der Waals surface area contributed by atoms with E-state index >= 15 is 0 Å². The van der Waals surface area contributed by atoms with Gasteiger partial charge in [-0.25, -0.2) is 4.79 Å². The number of carbonyl (C=O) groups excluding carboxylic acids is 1. The fourth-order valence-corrected chi connectivity index (χ4v) is 1.32. The summed E-state index contributed by atoms with van der Waals surface area (Å²) in [4.78, 5) is 21.7. The smallest absolute Gasteiger partial charge is 0.334 e. The summed E-state index contributed by atoms with van der Waals surface area (Å²) in [6.07, 6.45) is -1.53. The largest absolute Gasteiger partial charge is 0.479 e. The molecule has 1 unspecified atom stereocenters. The lowest BCUT2D eigenvalue weighted by Gasteiger charge is -2.31. The van der Waals surface area contributed by atoms with Crippen LogP contribution in [-0.4, -0.2) is 47.8 Å². The number of hydrogen-bond donors (Lipinski definition) is 4. The van der Waals surface area contributed by atoms with Gasteiger partial charge in [-0.2, -0.15) is 0 Å². The molecule has 4 N–H and O–H groups in total. The Labute approximate surface area is 87.7 Å². The summed E-state index contributed by atoms with van der Waals surface area (Å²) in [5.41, 5.74) is 0. The Morgan fingerprint density at radius 3 is 2.53 bits per heavy atom. The van der Waals surface area contributed by atoms with E-state index in [1.807, 2.05) is 0 Å². The maximum absolute atomic E-state index is 11.5. The van der Waals surface area contributed by atoms with E-state index in [2.05, 4.69) is 10.6 Å². The second-order valence-electron chi connectivity index (χ2n) is 3.81. The van der Waals surface area contributed by atoms with Gasteiger partial charge in [0, 0.05) is 5.92 Å². The molecule has 1 aliphatic heterocycles. The first-order valence-corrected chi connectivity index (χ1v) is 4.91. The minimum Gasteiger partial charge on any atom is -0.479 e. The summed E-state index contributed by atoms with van der Waals surface area (Å²) in [5.74, 6) is -1.37. The zero-order chi connectivity index (χ0) is 11.4. The molecule has 1 fully saturated rings. The van der Waals surface area contributed by atoms with Gasteiger partial charge in [0.1, 0.15) is 0 Å². The SMILES string of the molecule is CC(C(=O)NC[C@H](O)C(=O)O)C1CNC1. The highest BCUT2D eigenvalue weighted by Gasteiger charge is 2.29. The standard InChI is InChI=1S/C9H16N2O4/c1-5(6-2-10-3-6)8(13)11-4-7(12)9(14)15/h5-7,10,12H,2-4H2,1H3,(H,11,13)(H,14,15)/t5?,7-/m0/s1. The van der Waals surface area contributed by atoms with Crippen molar-refractivity contribution in [1.29, 1.82) is 0 Å². The number of aliphatic hydroxyl groups excluding tert-OH is 1. The minimum absolute atomic E-state index is 0.146. The Bertz CT molecular complexity index is 252. The van der Waals surface area contributed by atoms with Crippen LogP contribution >= 0.6 is 0 Å². The van der Waals surface area contributed by atoms with Gasteiger partial charge in [0.25, 0.3) is 0 Å². The Balaban J connectivity index is 2.25. The highest BCUT2D eigenvalue weighted by Crippen LogP contribution is 2.15. The molecule has 2 atom stereocenters. The number of amides is 1. The third kappa shape index (κ3) is 3.17. The summed E-state index contributed by atoms with van der Waals surface area (Å²) in [5, 5.41) is 22.8. The zero-order valence-corrected chi connectivity index (χ0v) is 8.56. The maximum Gasteiger partial charge on any atom is 0.334 e. The van der Waals surface area contributed by atoms with Crippen molar-refractivity contribution in [2.75, 3.05) is 19.6 Å². The number of carboxylic acid groups (broad SMARTS) is 1. The van der Waals surface area contributed by atoms with Crippen LogP contribution in [-0.2, 0) is 9.59 Å². The monoisotopic (exact) mass is 216 g/mol. The highest BCUT2D eigenvalue weighted by atomic mass is 16.4. The molecule has 1 saturated heterocycles. The minimum atomic E-state index is -1.53. The molecule has 0 bridgehead atoms. The molecule has 1 rings (SSSR count). The fourth-order valence-electron chi connectivity index (χ4n) is 1.32. The lowest BCUT2D eigenvalue weighted by molar-refractivity contribution is -0.146. The van der Waals surface area contributed by atoms with Gasteiger partial charge in [-0.15, -0.1) is 0 Å². The summed E-state index contributed by atoms with van der Waals surface area (Å²) in [6, 6.07) is 0. The first kappa shape index (κ1) is 11.9. The number of hydrogen-bond acceptors (Lipinski definition) is 4. The van der Waals surface area contributed by atoms with Crippen molar-refractivity contribution in [2.45, 2.75) is 13.0 Å². The normalized spacial score (nSPS) is 20.1. The van der Waals surface area contributed by atoms with Gasteiger partial charge in [-0.3, -0.25) is 4.79 Å². The topological polar surface area (TPSA) is 98.7 Å². The van der Waals surface area contributed by atoms with Gasteiger partial charge in [0.05, 0.1) is 6.54 Å². The molecule has 0 spiro atoms. The van der Waals surface area contributed by atoms with Gasteiger partial charge < -0.3 is 20.8 Å². The molecule has 6 heteroatoms. The number of rotatable bonds is 5. The van der Waals surface area contributed by atoms with E-state index in [-0.39, 0.29) is 18.4 Å². The Kier molecular flexibility index (Phi) is 4.05. The predicted octanol–water partition coefficient (Wildman–Crippen LogP) is -1.60. The van der Waals surface area contributed by atoms with Gasteiger partial charge in [-0.1, -0.05) is 6.92 Å². The molecule has 1 aliphatic rings. The summed E-state index contributed by atoms with van der Waals surface area (Å²) in [7, 11) is 0. The molecular weight excluding hydrogens is 200 g/mol. The van der Waals surface area contributed by atoms with E-state index < -0.39 is 12.1 Å². The fraction of sp³-hybridized carbons (Fsp3) is 0.778. The van der Waals surface area contributed by atoms with Crippen molar-refractivity contribution in [3.05, 3.63) is 0 Å². The second-order valence-corrected chi connectivity index (χ2v) is 3.81. The van der Waals surface area contributed by atoms with Crippen LogP contribution in [0.4, 0.5) is 0 Å². The van der Waals surface area contributed by atoms with E-state index in [0.717, 1.165) is 13.1 Å². The Morgan fingerprint density at radius 1 is 1.53 bits per heavy atom. The molecule has 15 heavy (non-hydrogen) atoms. The molecule has 0 radical (unpaired) electrons. The van der Waals surface area contributed by atoms with Crippen LogP contribution < -0.4 is 10.6 Å². The first-order valence-electron chi connectivity index (χ1n) is 4.91. The molecule has 0 aromatic rings. The zero-order valence-electron chi connectivity index (χ0n) is 8.56. The Hall–Kier alpha value is -1.14. The number of nitrogens with one attached hydrogen (secondary N) is 2. The van der Waals surface area contributed by atoms with E-state index in [9.17, 15) is 9.59 Å². The predicted molar refractivity (Wildman–Crippen MR) is 52.2 cm³/mol. The molecule has 1 heterocycles. The second kappa shape index (κ2) is 5.09. The summed E-state index contributed by atoms with van der Waals surface area (Å²) in [6.45, 7) is 3.19. The third-order valence-corrected chi connectivity index (χ3v) is 2.69. The lowest BCUT2D eigenvalue weighted by Crippen LogP contribution is -2.50. The van der Waals surface area contributed by atoms with Crippen molar-refractivity contribution < 1.29 is 19.8 Å². The van der Waals surface area contributed by atoms with Crippen LogP contribution in [0.3, 0.4) is 0 Å². The molecule has 1 amide bonds. The van der Waals surface area contributed by atoms with E-state index in [1.165, 1.54) is 0 Å². The average molecular weight is 216 g/mol. The van der Waals surface area contributed by atoms with E-state index in [0.29, 0.717) is 5.92 Å². The summed E-state index contributed by atoms with van der Waals surface area (Å²) >= 11 is 0. The number of aliphatic hydroxyl groups is 1. The molecule has 6 nitrogen and oxygen atoms in total. The highest BCUT2D eigenvalue weighted by molar-refractivity contribution is 5.80. The summed E-state index contributed by atoms with van der Waals surface area (Å²) < 4.78 is 0. The van der Waals surface area contributed by atoms with Gasteiger partial charge in [-0.05, 0) is 19.0 Å². The van der Waals surface area contributed by atoms with Crippen LogP contribution in [0.25, 0.3) is 0 Å². The molecule has 0 aromatic heterocycles. The van der Waals surface area contributed by atoms with Crippen molar-refractivity contribution in [1.82, 2.24) is 10.6 Å². The van der Waals surface area contributed by atoms with Crippen LogP contribution in [0.1, 0.15) is 6.92 Å². The van der Waals surface area contributed by atoms with Crippen molar-refractivity contribution >= 4 is 11.9 Å². The van der Waals surface area contributed by atoms with Crippen LogP contribution in [0.2, 0.25) is 0 Å². The quantitative estimate of drug-likeness (QED) is 0.444. The maximum atomic E-state index is 11.5. The molecule has 0 aromatic carbocycles. The lowest BCUT2D eigenvalue weighted by atomic mass is 9.88. The van der Waals surface area contributed by atoms with Crippen LogP contribution in [0.5, 0.6) is 0 Å². The number of carboxylic acids is 1. The molecule has 86 valence electrons. The van der Waals surface area contributed by atoms with Gasteiger partial charge in [0.15, 0.2) is 6.10 Å². The molecule has 0 aliphatic carbocycles. The van der Waals surface area contributed by atoms with E-state index in [4.69, 9.17) is 10.2 Å². The Morgan fingerprint density at radius 2 is 2.13 bits per heavy atom. The van der Waals surface area contributed by atoms with Crippen molar-refractivity contribution in [3.63, 3.8) is 0 Å². The van der Waals surface area contributed by atoms with Crippen molar-refractivity contribution in [2.24, 2.45) is 11.8 Å². The third-order valence-electron chi connectivity index (χ3n) is 2.69.